The third-order valence-corrected chi connectivity index (χ3v) is 6.83. The van der Waals surface area contributed by atoms with E-state index in [0.29, 0.717) is 11.4 Å². The quantitative estimate of drug-likeness (QED) is 0.877. The summed E-state index contributed by atoms with van der Waals surface area (Å²) in [5, 5.41) is 0. The molecule has 2 aliphatic rings. The second-order valence-electron chi connectivity index (χ2n) is 7.01. The van der Waals surface area contributed by atoms with Gasteiger partial charge in [0.1, 0.15) is 5.75 Å². The van der Waals surface area contributed by atoms with Gasteiger partial charge in [-0.2, -0.15) is 0 Å². The average molecular weight is 372 g/mol. The van der Waals surface area contributed by atoms with E-state index >= 15 is 0 Å². The molecule has 1 saturated heterocycles. The van der Waals surface area contributed by atoms with E-state index in [-0.39, 0.29) is 6.04 Å². The van der Waals surface area contributed by atoms with E-state index in [1.54, 1.807) is 13.2 Å². The molecule has 26 heavy (non-hydrogen) atoms. The van der Waals surface area contributed by atoms with Crippen LogP contribution in [0, 0.1) is 0 Å². The van der Waals surface area contributed by atoms with E-state index in [4.69, 9.17) is 4.74 Å². The van der Waals surface area contributed by atoms with Crippen LogP contribution in [0.4, 0.5) is 5.69 Å². The fourth-order valence-electron chi connectivity index (χ4n) is 3.97. The van der Waals surface area contributed by atoms with Gasteiger partial charge in [-0.1, -0.05) is 18.2 Å². The summed E-state index contributed by atoms with van der Waals surface area (Å²) < 4.78 is 33.9. The highest BCUT2D eigenvalue weighted by Crippen LogP contribution is 2.31. The number of hydrogen-bond donors (Lipinski definition) is 1. The Morgan fingerprint density at radius 1 is 1.12 bits per heavy atom. The molecule has 2 aromatic carbocycles. The summed E-state index contributed by atoms with van der Waals surface area (Å²) in [5.41, 5.74) is 3.47. The highest BCUT2D eigenvalue weighted by molar-refractivity contribution is 7.89. The number of methoxy groups -OCH3 is 1. The Kier molecular flexibility index (Phi) is 4.63. The van der Waals surface area contributed by atoms with Gasteiger partial charge in [-0.15, -0.1) is 0 Å². The van der Waals surface area contributed by atoms with Gasteiger partial charge in [0.2, 0.25) is 10.0 Å². The number of fused-ring (bicyclic) bond motifs is 1. The molecule has 0 aromatic heterocycles. The van der Waals surface area contributed by atoms with Crippen LogP contribution in [0.5, 0.6) is 5.75 Å². The first kappa shape index (κ1) is 17.4. The molecule has 138 valence electrons. The zero-order valence-electron chi connectivity index (χ0n) is 14.9. The Hall–Kier alpha value is -2.05. The van der Waals surface area contributed by atoms with Gasteiger partial charge in [0.25, 0.3) is 0 Å². The summed E-state index contributed by atoms with van der Waals surface area (Å²) in [6.07, 6.45) is 3.92. The van der Waals surface area contributed by atoms with Gasteiger partial charge in [-0.05, 0) is 61.1 Å². The number of anilines is 1. The summed E-state index contributed by atoms with van der Waals surface area (Å²) >= 11 is 0. The molecule has 0 spiro atoms. The molecule has 1 heterocycles. The summed E-state index contributed by atoms with van der Waals surface area (Å²) in [7, 11) is -1.84. The monoisotopic (exact) mass is 372 g/mol. The molecule has 0 radical (unpaired) electrons. The van der Waals surface area contributed by atoms with Crippen molar-refractivity contribution in [2.75, 3.05) is 25.1 Å². The topological polar surface area (TPSA) is 58.6 Å². The van der Waals surface area contributed by atoms with Crippen molar-refractivity contribution in [3.63, 3.8) is 0 Å². The van der Waals surface area contributed by atoms with Crippen molar-refractivity contribution in [2.45, 2.75) is 36.6 Å². The lowest BCUT2D eigenvalue weighted by Crippen LogP contribution is -2.37. The van der Waals surface area contributed by atoms with Gasteiger partial charge in [-0.25, -0.2) is 13.1 Å². The molecule has 1 N–H and O–H groups in total. The van der Waals surface area contributed by atoms with Crippen LogP contribution in [0.15, 0.2) is 47.4 Å². The predicted octanol–water partition coefficient (Wildman–Crippen LogP) is 2.74. The molecule has 1 aliphatic carbocycles. The first-order valence-corrected chi connectivity index (χ1v) is 10.6. The number of aryl methyl sites for hydroxylation is 2. The summed E-state index contributed by atoms with van der Waals surface area (Å²) in [5.74, 6) is 0.814. The minimum absolute atomic E-state index is 0.0989. The maximum atomic E-state index is 12.8. The van der Waals surface area contributed by atoms with Crippen molar-refractivity contribution in [3.8, 4) is 5.75 Å². The Morgan fingerprint density at radius 3 is 2.77 bits per heavy atom. The van der Waals surface area contributed by atoms with Crippen LogP contribution < -0.4 is 14.4 Å². The first-order valence-electron chi connectivity index (χ1n) is 9.09. The van der Waals surface area contributed by atoms with Gasteiger partial charge in [0.15, 0.2) is 0 Å². The molecule has 1 atom stereocenters. The third-order valence-electron chi connectivity index (χ3n) is 5.32. The fraction of sp³-hybridized carbons (Fsp3) is 0.400. The van der Waals surface area contributed by atoms with Gasteiger partial charge in [0, 0.05) is 19.1 Å². The molecule has 0 bridgehead atoms. The summed E-state index contributed by atoms with van der Waals surface area (Å²) in [6, 6.07) is 13.3. The number of rotatable bonds is 5. The Labute approximate surface area is 155 Å². The number of benzene rings is 2. The molecule has 1 unspecified atom stereocenters. The minimum atomic E-state index is -3.49. The molecule has 4 rings (SSSR count). The number of sulfonamides is 1. The van der Waals surface area contributed by atoms with E-state index in [0.717, 1.165) is 43.7 Å². The Morgan fingerprint density at radius 2 is 1.92 bits per heavy atom. The molecule has 0 saturated carbocycles. The fourth-order valence-corrected chi connectivity index (χ4v) is 5.28. The van der Waals surface area contributed by atoms with E-state index in [1.807, 2.05) is 36.4 Å². The van der Waals surface area contributed by atoms with Gasteiger partial charge >= 0.3 is 0 Å². The first-order chi connectivity index (χ1) is 12.6. The lowest BCUT2D eigenvalue weighted by Gasteiger charge is -2.21. The molecule has 0 amide bonds. The molecule has 1 aliphatic heterocycles. The number of ether oxygens (including phenoxy) is 1. The average Bonchev–Trinajstić information content (AvgIpc) is 3.29. The zero-order chi connectivity index (χ0) is 18.1. The van der Waals surface area contributed by atoms with Crippen LogP contribution in [0.25, 0.3) is 0 Å². The van der Waals surface area contributed by atoms with Crippen molar-refractivity contribution in [1.82, 2.24) is 4.72 Å². The second-order valence-corrected chi connectivity index (χ2v) is 8.72. The lowest BCUT2D eigenvalue weighted by molar-refractivity contribution is 0.415. The van der Waals surface area contributed by atoms with Crippen molar-refractivity contribution >= 4 is 15.7 Å². The number of nitrogens with one attached hydrogen (secondary N) is 1. The van der Waals surface area contributed by atoms with E-state index in [2.05, 4.69) is 9.62 Å². The van der Waals surface area contributed by atoms with Crippen molar-refractivity contribution in [3.05, 3.63) is 53.6 Å². The SMILES string of the molecule is COc1ccccc1N1CCC(NS(=O)(=O)c2ccc3c(c2)CCC3)C1. The van der Waals surface area contributed by atoms with E-state index in [1.165, 1.54) is 11.1 Å². The third kappa shape index (κ3) is 3.31. The largest absolute Gasteiger partial charge is 0.495 e. The molecular formula is C20H24N2O3S. The van der Waals surface area contributed by atoms with Gasteiger partial charge in [0.05, 0.1) is 17.7 Å². The number of para-hydroxylation sites is 2. The molecule has 2 aromatic rings. The smallest absolute Gasteiger partial charge is 0.240 e. The van der Waals surface area contributed by atoms with Crippen molar-refractivity contribution < 1.29 is 13.2 Å². The normalized spacial score (nSPS) is 19.6. The van der Waals surface area contributed by atoms with Crippen molar-refractivity contribution in [1.29, 1.82) is 0 Å². The summed E-state index contributed by atoms with van der Waals surface area (Å²) in [6.45, 7) is 1.45. The lowest BCUT2D eigenvalue weighted by atomic mass is 10.1. The van der Waals surface area contributed by atoms with Crippen LogP contribution in [-0.2, 0) is 22.9 Å². The molecule has 6 heteroatoms. The van der Waals surface area contributed by atoms with Gasteiger partial charge in [-0.3, -0.25) is 0 Å². The number of hydrogen-bond acceptors (Lipinski definition) is 4. The predicted molar refractivity (Wildman–Crippen MR) is 102 cm³/mol. The Balaban J connectivity index is 1.48. The van der Waals surface area contributed by atoms with Crippen LogP contribution in [-0.4, -0.2) is 34.7 Å². The zero-order valence-corrected chi connectivity index (χ0v) is 15.8. The molecule has 5 nitrogen and oxygen atoms in total. The highest BCUT2D eigenvalue weighted by Gasteiger charge is 2.29. The summed E-state index contributed by atoms with van der Waals surface area (Å²) in [4.78, 5) is 2.56. The highest BCUT2D eigenvalue weighted by atomic mass is 32.2. The van der Waals surface area contributed by atoms with E-state index < -0.39 is 10.0 Å². The maximum absolute atomic E-state index is 12.8. The van der Waals surface area contributed by atoms with Gasteiger partial charge < -0.3 is 9.64 Å². The molecule has 1 fully saturated rings. The minimum Gasteiger partial charge on any atom is -0.495 e. The van der Waals surface area contributed by atoms with Crippen LogP contribution in [0.1, 0.15) is 24.0 Å². The molecular weight excluding hydrogens is 348 g/mol. The van der Waals surface area contributed by atoms with Crippen molar-refractivity contribution in [2.24, 2.45) is 0 Å². The van der Waals surface area contributed by atoms with E-state index in [9.17, 15) is 8.42 Å². The van der Waals surface area contributed by atoms with Crippen LogP contribution >= 0.6 is 0 Å². The number of nitrogens with zero attached hydrogens (tertiary/aromatic N) is 1. The Bertz CT molecular complexity index is 911. The van der Waals surface area contributed by atoms with Crippen LogP contribution in [0.2, 0.25) is 0 Å². The maximum Gasteiger partial charge on any atom is 0.240 e. The second kappa shape index (κ2) is 6.93. The van der Waals surface area contributed by atoms with Crippen LogP contribution in [0.3, 0.4) is 0 Å². The standard InChI is InChI=1S/C20H24N2O3S/c1-25-20-8-3-2-7-19(20)22-12-11-17(14-22)21-26(23,24)18-10-9-15-5-4-6-16(15)13-18/h2-3,7-10,13,17,21H,4-6,11-12,14H2,1H3.